The van der Waals surface area contributed by atoms with Crippen LogP contribution in [-0.2, 0) is 9.47 Å². The summed E-state index contributed by atoms with van der Waals surface area (Å²) in [6, 6.07) is 7.08. The number of ether oxygens (including phenoxy) is 3. The zero-order valence-electron chi connectivity index (χ0n) is 14.7. The molecule has 3 nitrogen and oxygen atoms in total. The van der Waals surface area contributed by atoms with Gasteiger partial charge in [0.15, 0.2) is 11.6 Å². The lowest BCUT2D eigenvalue weighted by molar-refractivity contribution is -0.0726. The van der Waals surface area contributed by atoms with Crippen LogP contribution in [0.3, 0.4) is 0 Å². The fraction of sp³-hybridized carbons (Fsp3) is 0.400. The predicted octanol–water partition coefficient (Wildman–Crippen LogP) is 5.04. The topological polar surface area (TPSA) is 27.7 Å². The lowest BCUT2D eigenvalue weighted by Crippen LogP contribution is -2.26. The molecule has 2 unspecified atom stereocenters. The molecule has 0 radical (unpaired) electrons. The molecule has 3 rings (SSSR count). The number of hydrogen-bond acceptors (Lipinski definition) is 3. The highest BCUT2D eigenvalue weighted by atomic mass is 19.2. The zero-order chi connectivity index (χ0) is 18.7. The first kappa shape index (κ1) is 18.7. The van der Waals surface area contributed by atoms with E-state index in [1.54, 1.807) is 20.1 Å². The Balaban J connectivity index is 1.85. The van der Waals surface area contributed by atoms with Gasteiger partial charge in [-0.25, -0.2) is 8.78 Å². The van der Waals surface area contributed by atoms with Crippen LogP contribution in [0.15, 0.2) is 30.3 Å². The Bertz CT molecular complexity index is 771. The van der Waals surface area contributed by atoms with Gasteiger partial charge in [0.2, 0.25) is 5.82 Å². The molecule has 2 aromatic carbocycles. The van der Waals surface area contributed by atoms with Crippen LogP contribution in [-0.4, -0.2) is 26.4 Å². The Morgan fingerprint density at radius 1 is 1.04 bits per heavy atom. The summed E-state index contributed by atoms with van der Waals surface area (Å²) in [6.07, 6.45) is 1.36. The standard InChI is InChI=1S/C20H21F3O3/c1-3-25-18-9-7-15(19(22)20(18)23)14-6-4-12(10-16(14)21)17-8-5-13(24-2)11-26-17/h4,6-7,9-10,13,17H,3,5,8,11H2,1-2H3. The Hall–Kier alpha value is -2.05. The molecule has 0 amide bonds. The van der Waals surface area contributed by atoms with Crippen molar-refractivity contribution in [1.29, 1.82) is 0 Å². The summed E-state index contributed by atoms with van der Waals surface area (Å²) in [6.45, 7) is 2.33. The van der Waals surface area contributed by atoms with E-state index in [-0.39, 0.29) is 35.7 Å². The second-order valence-corrected chi connectivity index (χ2v) is 6.17. The third-order valence-corrected chi connectivity index (χ3v) is 4.57. The second-order valence-electron chi connectivity index (χ2n) is 6.17. The van der Waals surface area contributed by atoms with Gasteiger partial charge in [0.25, 0.3) is 0 Å². The molecule has 1 heterocycles. The van der Waals surface area contributed by atoms with Gasteiger partial charge in [-0.3, -0.25) is 0 Å². The largest absolute Gasteiger partial charge is 0.491 e. The molecule has 2 atom stereocenters. The highest BCUT2D eigenvalue weighted by Crippen LogP contribution is 2.34. The maximum Gasteiger partial charge on any atom is 0.201 e. The maximum atomic E-state index is 14.6. The molecule has 6 heteroatoms. The van der Waals surface area contributed by atoms with Crippen molar-refractivity contribution in [3.63, 3.8) is 0 Å². The van der Waals surface area contributed by atoms with Crippen molar-refractivity contribution in [2.24, 2.45) is 0 Å². The number of hydrogen-bond donors (Lipinski definition) is 0. The molecule has 1 aliphatic rings. The minimum Gasteiger partial charge on any atom is -0.491 e. The van der Waals surface area contributed by atoms with Gasteiger partial charge in [0.1, 0.15) is 5.82 Å². The molecular formula is C20H21F3O3. The van der Waals surface area contributed by atoms with Crippen LogP contribution in [0, 0.1) is 17.5 Å². The van der Waals surface area contributed by atoms with E-state index in [0.29, 0.717) is 18.6 Å². The van der Waals surface area contributed by atoms with Crippen molar-refractivity contribution < 1.29 is 27.4 Å². The van der Waals surface area contributed by atoms with E-state index in [0.717, 1.165) is 6.42 Å². The molecule has 140 valence electrons. The Morgan fingerprint density at radius 2 is 1.81 bits per heavy atom. The lowest BCUT2D eigenvalue weighted by atomic mass is 9.96. The van der Waals surface area contributed by atoms with Crippen LogP contribution in [0.5, 0.6) is 5.75 Å². The average molecular weight is 366 g/mol. The van der Waals surface area contributed by atoms with Gasteiger partial charge in [0.05, 0.1) is 25.4 Å². The quantitative estimate of drug-likeness (QED) is 0.742. The monoisotopic (exact) mass is 366 g/mol. The molecule has 0 N–H and O–H groups in total. The van der Waals surface area contributed by atoms with Crippen molar-refractivity contribution in [3.8, 4) is 16.9 Å². The van der Waals surface area contributed by atoms with Crippen LogP contribution < -0.4 is 4.74 Å². The van der Waals surface area contributed by atoms with Gasteiger partial charge < -0.3 is 14.2 Å². The van der Waals surface area contributed by atoms with E-state index in [9.17, 15) is 13.2 Å². The maximum absolute atomic E-state index is 14.6. The average Bonchev–Trinajstić information content (AvgIpc) is 2.66. The zero-order valence-corrected chi connectivity index (χ0v) is 14.7. The molecule has 0 saturated carbocycles. The Labute approximate surface area is 150 Å². The van der Waals surface area contributed by atoms with Crippen LogP contribution in [0.4, 0.5) is 13.2 Å². The summed E-state index contributed by atoms with van der Waals surface area (Å²) < 4.78 is 58.9. The third-order valence-electron chi connectivity index (χ3n) is 4.57. The number of rotatable bonds is 5. The SMILES string of the molecule is CCOc1ccc(-c2ccc(C3CCC(OC)CO3)cc2F)c(F)c1F. The van der Waals surface area contributed by atoms with Gasteiger partial charge in [0, 0.05) is 18.2 Å². The third kappa shape index (κ3) is 3.71. The molecule has 2 aromatic rings. The predicted molar refractivity (Wildman–Crippen MR) is 91.6 cm³/mol. The summed E-state index contributed by atoms with van der Waals surface area (Å²) in [5.41, 5.74) is 0.533. The van der Waals surface area contributed by atoms with Crippen molar-refractivity contribution in [3.05, 3.63) is 53.3 Å². The minimum absolute atomic E-state index is 0.00113. The highest BCUT2D eigenvalue weighted by molar-refractivity contribution is 5.66. The second kappa shape index (κ2) is 8.10. The van der Waals surface area contributed by atoms with Crippen LogP contribution in [0.25, 0.3) is 11.1 Å². The lowest BCUT2D eigenvalue weighted by Gasteiger charge is -2.28. The van der Waals surface area contributed by atoms with Gasteiger partial charge in [-0.2, -0.15) is 4.39 Å². The molecule has 0 aliphatic carbocycles. The molecule has 1 aliphatic heterocycles. The van der Waals surface area contributed by atoms with Gasteiger partial charge in [-0.05, 0) is 43.5 Å². The highest BCUT2D eigenvalue weighted by Gasteiger charge is 2.24. The van der Waals surface area contributed by atoms with E-state index in [1.807, 2.05) is 0 Å². The Kier molecular flexibility index (Phi) is 5.84. The molecule has 0 bridgehead atoms. The fourth-order valence-corrected chi connectivity index (χ4v) is 3.13. The number of benzene rings is 2. The first-order chi connectivity index (χ1) is 12.5. The van der Waals surface area contributed by atoms with E-state index in [2.05, 4.69) is 0 Å². The first-order valence-electron chi connectivity index (χ1n) is 8.60. The van der Waals surface area contributed by atoms with Crippen LogP contribution in [0.1, 0.15) is 31.4 Å². The molecule has 26 heavy (non-hydrogen) atoms. The summed E-state index contributed by atoms with van der Waals surface area (Å²) >= 11 is 0. The van der Waals surface area contributed by atoms with Crippen molar-refractivity contribution in [2.45, 2.75) is 32.0 Å². The van der Waals surface area contributed by atoms with E-state index < -0.39 is 17.5 Å². The smallest absolute Gasteiger partial charge is 0.201 e. The molecule has 1 fully saturated rings. The van der Waals surface area contributed by atoms with Gasteiger partial charge in [-0.1, -0.05) is 12.1 Å². The van der Waals surface area contributed by atoms with E-state index in [1.165, 1.54) is 24.3 Å². The van der Waals surface area contributed by atoms with Gasteiger partial charge >= 0.3 is 0 Å². The summed E-state index contributed by atoms with van der Waals surface area (Å²) in [5.74, 6) is -3.05. The van der Waals surface area contributed by atoms with Crippen molar-refractivity contribution in [1.82, 2.24) is 0 Å². The van der Waals surface area contributed by atoms with E-state index >= 15 is 0 Å². The number of halogens is 3. The summed E-state index contributed by atoms with van der Waals surface area (Å²) in [7, 11) is 1.63. The van der Waals surface area contributed by atoms with Crippen LogP contribution in [0.2, 0.25) is 0 Å². The molecule has 0 aromatic heterocycles. The van der Waals surface area contributed by atoms with Crippen molar-refractivity contribution in [2.75, 3.05) is 20.3 Å². The number of methoxy groups -OCH3 is 1. The molecule has 0 spiro atoms. The molecular weight excluding hydrogens is 345 g/mol. The van der Waals surface area contributed by atoms with Crippen LogP contribution >= 0.6 is 0 Å². The first-order valence-corrected chi connectivity index (χ1v) is 8.60. The normalized spacial score (nSPS) is 20.2. The Morgan fingerprint density at radius 3 is 2.42 bits per heavy atom. The van der Waals surface area contributed by atoms with E-state index in [4.69, 9.17) is 14.2 Å². The summed E-state index contributed by atoms with van der Waals surface area (Å²) in [4.78, 5) is 0. The van der Waals surface area contributed by atoms with Crippen molar-refractivity contribution >= 4 is 0 Å². The summed E-state index contributed by atoms with van der Waals surface area (Å²) in [5, 5.41) is 0. The minimum atomic E-state index is -1.13. The fourth-order valence-electron chi connectivity index (χ4n) is 3.13. The molecule has 1 saturated heterocycles. The van der Waals surface area contributed by atoms with Gasteiger partial charge in [-0.15, -0.1) is 0 Å².